The van der Waals surface area contributed by atoms with Gasteiger partial charge in [0.25, 0.3) is 0 Å². The summed E-state index contributed by atoms with van der Waals surface area (Å²) < 4.78 is 0. The van der Waals surface area contributed by atoms with Crippen LogP contribution in [0.25, 0.3) is 0 Å². The zero-order valence-electron chi connectivity index (χ0n) is 18.3. The number of rotatable bonds is 7. The van der Waals surface area contributed by atoms with Crippen molar-refractivity contribution >= 4 is 23.8 Å². The smallest absolute Gasteiger partial charge is 0.0367 e. The van der Waals surface area contributed by atoms with E-state index in [1.165, 1.54) is 68.8 Å². The first kappa shape index (κ1) is 22.9. The van der Waals surface area contributed by atoms with Crippen LogP contribution >= 0.6 is 12.4 Å². The molecule has 2 aliphatic rings. The van der Waals surface area contributed by atoms with E-state index in [1.54, 1.807) is 0 Å². The summed E-state index contributed by atoms with van der Waals surface area (Å²) in [5.41, 5.74) is 11.3. The monoisotopic (exact) mass is 428 g/mol. The average Bonchev–Trinajstić information content (AvgIpc) is 2.77. The fourth-order valence-corrected chi connectivity index (χ4v) is 4.97. The molecule has 164 valence electrons. The Morgan fingerprint density at radius 1 is 0.967 bits per heavy atom. The largest absolute Gasteiger partial charge is 0.399 e. The fraction of sp³-hybridized carbons (Fsp3) is 0.520. The summed E-state index contributed by atoms with van der Waals surface area (Å²) in [5, 5.41) is 0. The SMILES string of the molecule is CCCN(CCN1CCN(c2ccccc2)CC1)[C@H]1CCc2ccc(N)cc2C1.Cl. The minimum atomic E-state index is 0. The second-order valence-electron chi connectivity index (χ2n) is 8.62. The van der Waals surface area contributed by atoms with Gasteiger partial charge < -0.3 is 10.6 Å². The molecule has 0 spiro atoms. The third-order valence-corrected chi connectivity index (χ3v) is 6.66. The average molecular weight is 429 g/mol. The fourth-order valence-electron chi connectivity index (χ4n) is 4.97. The molecular weight excluding hydrogens is 392 g/mol. The third-order valence-electron chi connectivity index (χ3n) is 6.66. The topological polar surface area (TPSA) is 35.7 Å². The van der Waals surface area contributed by atoms with Gasteiger partial charge in [0.2, 0.25) is 0 Å². The highest BCUT2D eigenvalue weighted by atomic mass is 35.5. The van der Waals surface area contributed by atoms with Gasteiger partial charge in [0, 0.05) is 56.7 Å². The molecule has 0 unspecified atom stereocenters. The van der Waals surface area contributed by atoms with Crippen LogP contribution in [0.2, 0.25) is 0 Å². The summed E-state index contributed by atoms with van der Waals surface area (Å²) >= 11 is 0. The van der Waals surface area contributed by atoms with Crippen LogP contribution in [0.15, 0.2) is 48.5 Å². The molecule has 1 aliphatic heterocycles. The predicted molar refractivity (Wildman–Crippen MR) is 131 cm³/mol. The maximum atomic E-state index is 6.05. The van der Waals surface area contributed by atoms with Gasteiger partial charge >= 0.3 is 0 Å². The number of piperazine rings is 1. The quantitative estimate of drug-likeness (QED) is 0.674. The molecule has 0 amide bonds. The molecule has 1 saturated heterocycles. The summed E-state index contributed by atoms with van der Waals surface area (Å²) in [5.74, 6) is 0. The van der Waals surface area contributed by atoms with E-state index < -0.39 is 0 Å². The number of nitrogen functional groups attached to an aromatic ring is 1. The van der Waals surface area contributed by atoms with Crippen LogP contribution in [0, 0.1) is 0 Å². The Hall–Kier alpha value is -1.75. The van der Waals surface area contributed by atoms with Gasteiger partial charge in [-0.25, -0.2) is 0 Å². The molecule has 2 aromatic rings. The van der Waals surface area contributed by atoms with E-state index in [2.05, 4.69) is 70.2 Å². The number of hydrogen-bond acceptors (Lipinski definition) is 4. The molecule has 0 radical (unpaired) electrons. The lowest BCUT2D eigenvalue weighted by Gasteiger charge is -2.39. The van der Waals surface area contributed by atoms with Gasteiger partial charge in [0.1, 0.15) is 0 Å². The number of hydrogen-bond donors (Lipinski definition) is 1. The highest BCUT2D eigenvalue weighted by Crippen LogP contribution is 2.26. The van der Waals surface area contributed by atoms with Crippen LogP contribution in [-0.2, 0) is 12.8 Å². The lowest BCUT2D eigenvalue weighted by atomic mass is 9.87. The molecular formula is C25H37ClN4. The highest BCUT2D eigenvalue weighted by molar-refractivity contribution is 5.85. The maximum Gasteiger partial charge on any atom is 0.0367 e. The van der Waals surface area contributed by atoms with Gasteiger partial charge in [-0.1, -0.05) is 31.2 Å². The van der Waals surface area contributed by atoms with Crippen molar-refractivity contribution in [2.75, 3.05) is 56.4 Å². The van der Waals surface area contributed by atoms with Crippen LogP contribution in [0.4, 0.5) is 11.4 Å². The predicted octanol–water partition coefficient (Wildman–Crippen LogP) is 4.08. The maximum absolute atomic E-state index is 6.05. The number of benzene rings is 2. The summed E-state index contributed by atoms with van der Waals surface area (Å²) in [4.78, 5) is 7.91. The molecule has 5 heteroatoms. The van der Waals surface area contributed by atoms with Crippen molar-refractivity contribution in [2.24, 2.45) is 0 Å². The Morgan fingerprint density at radius 3 is 2.47 bits per heavy atom. The molecule has 1 aliphatic carbocycles. The normalized spacial score (nSPS) is 19.4. The Morgan fingerprint density at radius 2 is 1.73 bits per heavy atom. The van der Waals surface area contributed by atoms with Crippen molar-refractivity contribution in [3.8, 4) is 0 Å². The van der Waals surface area contributed by atoms with E-state index in [0.29, 0.717) is 6.04 Å². The van der Waals surface area contributed by atoms with Gasteiger partial charge in [-0.3, -0.25) is 9.80 Å². The number of halogens is 1. The molecule has 0 bridgehead atoms. The van der Waals surface area contributed by atoms with Gasteiger partial charge in [0.05, 0.1) is 0 Å². The molecule has 1 fully saturated rings. The minimum Gasteiger partial charge on any atom is -0.399 e. The van der Waals surface area contributed by atoms with Crippen molar-refractivity contribution in [2.45, 2.75) is 38.6 Å². The first-order valence-electron chi connectivity index (χ1n) is 11.4. The number of anilines is 2. The Kier molecular flexibility index (Phi) is 8.43. The summed E-state index contributed by atoms with van der Waals surface area (Å²) in [6.45, 7) is 10.5. The van der Waals surface area contributed by atoms with Crippen LogP contribution in [0.5, 0.6) is 0 Å². The number of nitrogens with zero attached hydrogens (tertiary/aromatic N) is 3. The molecule has 0 aromatic heterocycles. The van der Waals surface area contributed by atoms with Gasteiger partial charge in [-0.2, -0.15) is 0 Å². The second-order valence-corrected chi connectivity index (χ2v) is 8.62. The number of para-hydroxylation sites is 1. The van der Waals surface area contributed by atoms with E-state index in [-0.39, 0.29) is 12.4 Å². The molecule has 2 N–H and O–H groups in total. The van der Waals surface area contributed by atoms with Crippen molar-refractivity contribution in [1.29, 1.82) is 0 Å². The number of fused-ring (bicyclic) bond motifs is 1. The summed E-state index contributed by atoms with van der Waals surface area (Å²) in [6, 6.07) is 18.0. The molecule has 4 rings (SSSR count). The standard InChI is InChI=1S/C25H36N4.ClH/c1-2-12-28(25-11-9-21-8-10-23(26)19-22(21)20-25)16-13-27-14-17-29(18-15-27)24-6-4-3-5-7-24;/h3-8,10,19,25H,2,9,11-18,20,26H2,1H3;1H/t25-;/m0./s1. The van der Waals surface area contributed by atoms with Crippen molar-refractivity contribution in [3.05, 3.63) is 59.7 Å². The van der Waals surface area contributed by atoms with E-state index >= 15 is 0 Å². The zero-order valence-corrected chi connectivity index (χ0v) is 19.1. The molecule has 30 heavy (non-hydrogen) atoms. The molecule has 1 atom stereocenters. The van der Waals surface area contributed by atoms with E-state index in [0.717, 1.165) is 25.2 Å². The van der Waals surface area contributed by atoms with Gasteiger partial charge in [-0.15, -0.1) is 12.4 Å². The van der Waals surface area contributed by atoms with E-state index in [4.69, 9.17) is 5.73 Å². The molecule has 4 nitrogen and oxygen atoms in total. The third kappa shape index (κ3) is 5.69. The lowest BCUT2D eigenvalue weighted by molar-refractivity contribution is 0.145. The van der Waals surface area contributed by atoms with Gasteiger partial charge in [0.15, 0.2) is 0 Å². The zero-order chi connectivity index (χ0) is 20.1. The Bertz CT molecular complexity index is 774. The molecule has 1 heterocycles. The van der Waals surface area contributed by atoms with Crippen molar-refractivity contribution in [1.82, 2.24) is 9.80 Å². The Labute approximate surface area is 188 Å². The van der Waals surface area contributed by atoms with Crippen LogP contribution < -0.4 is 10.6 Å². The first-order chi connectivity index (χ1) is 14.2. The van der Waals surface area contributed by atoms with E-state index in [1.807, 2.05) is 0 Å². The van der Waals surface area contributed by atoms with Crippen LogP contribution in [0.3, 0.4) is 0 Å². The summed E-state index contributed by atoms with van der Waals surface area (Å²) in [7, 11) is 0. The first-order valence-corrected chi connectivity index (χ1v) is 11.4. The highest BCUT2D eigenvalue weighted by Gasteiger charge is 2.25. The Balaban J connectivity index is 0.00000256. The van der Waals surface area contributed by atoms with Crippen LogP contribution in [-0.4, -0.2) is 61.7 Å². The summed E-state index contributed by atoms with van der Waals surface area (Å²) in [6.07, 6.45) is 4.85. The van der Waals surface area contributed by atoms with Crippen molar-refractivity contribution in [3.63, 3.8) is 0 Å². The van der Waals surface area contributed by atoms with Crippen molar-refractivity contribution < 1.29 is 0 Å². The number of nitrogens with two attached hydrogens (primary N) is 1. The van der Waals surface area contributed by atoms with Crippen LogP contribution in [0.1, 0.15) is 30.9 Å². The second kappa shape index (κ2) is 11.0. The lowest BCUT2D eigenvalue weighted by Crippen LogP contribution is -2.50. The molecule has 0 saturated carbocycles. The minimum absolute atomic E-state index is 0. The molecule has 2 aromatic carbocycles. The van der Waals surface area contributed by atoms with E-state index in [9.17, 15) is 0 Å². The van der Waals surface area contributed by atoms with Gasteiger partial charge in [-0.05, 0) is 67.6 Å². The number of aryl methyl sites for hydroxylation is 1.